The van der Waals surface area contributed by atoms with Gasteiger partial charge in [-0.15, -0.1) is 0 Å². The molecule has 0 amide bonds. The molecule has 2 bridgehead atoms. The number of fused-ring (bicyclic) bond motifs is 9. The van der Waals surface area contributed by atoms with E-state index in [0.29, 0.717) is 0 Å². The van der Waals surface area contributed by atoms with Gasteiger partial charge in [-0.2, -0.15) is 0 Å². The molecule has 3 aromatic carbocycles. The van der Waals surface area contributed by atoms with Gasteiger partial charge < -0.3 is 0 Å². The van der Waals surface area contributed by atoms with Crippen LogP contribution in [0.3, 0.4) is 0 Å². The van der Waals surface area contributed by atoms with Crippen LogP contribution in [0, 0.1) is 23.3 Å². The summed E-state index contributed by atoms with van der Waals surface area (Å²) in [4.78, 5) is 1.86. The van der Waals surface area contributed by atoms with Gasteiger partial charge in [0.25, 0.3) is 0 Å². The van der Waals surface area contributed by atoms with E-state index in [2.05, 4.69) is 38.1 Å². The Bertz CT molecular complexity index is 1260. The summed E-state index contributed by atoms with van der Waals surface area (Å²) in [5.74, 6) is -5.96. The Balaban J connectivity index is 1.50. The molecule has 0 radical (unpaired) electrons. The highest BCUT2D eigenvalue weighted by Crippen LogP contribution is 2.58. The summed E-state index contributed by atoms with van der Waals surface area (Å²) in [6.45, 7) is 4.45. The van der Waals surface area contributed by atoms with E-state index >= 15 is 8.78 Å². The number of unbranched alkanes of at least 4 members (excludes halogenated alkanes) is 10. The Morgan fingerprint density at radius 2 is 0.925 bits per heavy atom. The molecular weight excluding hydrogens is 510 g/mol. The molecule has 40 heavy (non-hydrogen) atoms. The molecule has 0 N–H and O–H groups in total. The standard InChI is InChI=1S/C35H43F4N/c1-4-6-8-10-12-14-16-22-18-19-23(17-15-13-11-9-7-5-2)25-21-27-26(20-24(22)25)34-28-29(35(27)40(34)3)31(37)33(39)32(38)30(28)36/h18-21,34-35H,4-17H2,1-3H3. The second-order valence-electron chi connectivity index (χ2n) is 12.0. The van der Waals surface area contributed by atoms with E-state index < -0.39 is 35.4 Å². The monoisotopic (exact) mass is 553 g/mol. The molecule has 216 valence electrons. The molecule has 2 atom stereocenters. The summed E-state index contributed by atoms with van der Waals surface area (Å²) in [7, 11) is 1.79. The van der Waals surface area contributed by atoms with E-state index in [1.54, 1.807) is 7.05 Å². The molecule has 0 fully saturated rings. The minimum absolute atomic E-state index is 0.0449. The van der Waals surface area contributed by atoms with Crippen LogP contribution in [0.2, 0.25) is 0 Å². The third-order valence-corrected chi connectivity index (χ3v) is 9.29. The summed E-state index contributed by atoms with van der Waals surface area (Å²) in [6, 6.07) is 7.57. The van der Waals surface area contributed by atoms with E-state index in [1.807, 2.05) is 4.90 Å². The Hall–Kier alpha value is -2.40. The van der Waals surface area contributed by atoms with Crippen molar-refractivity contribution >= 4 is 10.8 Å². The molecule has 2 unspecified atom stereocenters. The van der Waals surface area contributed by atoms with Gasteiger partial charge in [0.2, 0.25) is 0 Å². The third-order valence-electron chi connectivity index (χ3n) is 9.29. The second kappa shape index (κ2) is 12.6. The Kier molecular flexibility index (Phi) is 9.19. The van der Waals surface area contributed by atoms with Crippen LogP contribution in [0.4, 0.5) is 17.6 Å². The van der Waals surface area contributed by atoms with Crippen LogP contribution in [0.25, 0.3) is 10.8 Å². The van der Waals surface area contributed by atoms with E-state index in [1.165, 1.54) is 86.1 Å². The highest BCUT2D eigenvalue weighted by molar-refractivity contribution is 5.91. The molecule has 3 aromatic rings. The molecule has 5 rings (SSSR count). The minimum atomic E-state index is -1.72. The molecule has 1 nitrogen and oxygen atoms in total. The maximum Gasteiger partial charge on any atom is 0.197 e. The fourth-order valence-electron chi connectivity index (χ4n) is 7.15. The topological polar surface area (TPSA) is 3.24 Å². The third kappa shape index (κ3) is 5.19. The summed E-state index contributed by atoms with van der Waals surface area (Å²) < 4.78 is 58.7. The Labute approximate surface area is 237 Å². The summed E-state index contributed by atoms with van der Waals surface area (Å²) in [5.41, 5.74) is 4.24. The van der Waals surface area contributed by atoms with E-state index in [4.69, 9.17) is 0 Å². The zero-order chi connectivity index (χ0) is 28.4. The zero-order valence-corrected chi connectivity index (χ0v) is 24.3. The lowest BCUT2D eigenvalue weighted by Crippen LogP contribution is -2.14. The fraction of sp³-hybridized carbons (Fsp3) is 0.543. The van der Waals surface area contributed by atoms with E-state index in [-0.39, 0.29) is 11.1 Å². The Morgan fingerprint density at radius 1 is 0.550 bits per heavy atom. The minimum Gasteiger partial charge on any atom is -0.284 e. The van der Waals surface area contributed by atoms with Crippen LogP contribution in [0.1, 0.15) is 136 Å². The smallest absolute Gasteiger partial charge is 0.197 e. The van der Waals surface area contributed by atoms with Crippen LogP contribution in [-0.4, -0.2) is 11.9 Å². The van der Waals surface area contributed by atoms with Crippen LogP contribution in [0.15, 0.2) is 24.3 Å². The number of aryl methyl sites for hydroxylation is 2. The molecule has 2 aliphatic rings. The SMILES string of the molecule is CCCCCCCCc1ccc(CCCCCCCC)c2cc3c(cc12)C1c2c(F)c(F)c(F)c(F)c2C3N1C. The fourth-order valence-corrected chi connectivity index (χ4v) is 7.15. The van der Waals surface area contributed by atoms with Crippen molar-refractivity contribution < 1.29 is 17.6 Å². The molecule has 0 aromatic heterocycles. The van der Waals surface area contributed by atoms with Crippen molar-refractivity contribution in [3.8, 4) is 0 Å². The van der Waals surface area contributed by atoms with Crippen molar-refractivity contribution in [3.63, 3.8) is 0 Å². The second-order valence-corrected chi connectivity index (χ2v) is 12.0. The van der Waals surface area contributed by atoms with Gasteiger partial charge >= 0.3 is 0 Å². The van der Waals surface area contributed by atoms with Crippen molar-refractivity contribution in [2.24, 2.45) is 0 Å². The van der Waals surface area contributed by atoms with E-state index in [9.17, 15) is 8.78 Å². The number of nitrogens with zero attached hydrogens (tertiary/aromatic N) is 1. The lowest BCUT2D eigenvalue weighted by Gasteiger charge is -2.22. The number of benzene rings is 3. The van der Waals surface area contributed by atoms with Gasteiger partial charge in [-0.3, -0.25) is 4.90 Å². The van der Waals surface area contributed by atoms with Crippen LogP contribution < -0.4 is 0 Å². The summed E-state index contributed by atoms with van der Waals surface area (Å²) in [6.07, 6.45) is 16.6. The van der Waals surface area contributed by atoms with Crippen molar-refractivity contribution in [1.29, 1.82) is 0 Å². The van der Waals surface area contributed by atoms with Gasteiger partial charge in [0.15, 0.2) is 23.3 Å². The molecule has 5 heteroatoms. The van der Waals surface area contributed by atoms with E-state index in [0.717, 1.165) is 36.8 Å². The molecule has 2 aliphatic heterocycles. The first-order chi connectivity index (χ1) is 19.4. The average Bonchev–Trinajstić information content (AvgIpc) is 3.41. The predicted octanol–water partition coefficient (Wildman–Crippen LogP) is 10.6. The number of halogens is 4. The van der Waals surface area contributed by atoms with Crippen molar-refractivity contribution in [3.05, 3.63) is 80.9 Å². The van der Waals surface area contributed by atoms with Crippen molar-refractivity contribution in [2.75, 3.05) is 7.05 Å². The summed E-state index contributed by atoms with van der Waals surface area (Å²) >= 11 is 0. The van der Waals surface area contributed by atoms with Gasteiger partial charge in [0, 0.05) is 11.1 Å². The quantitative estimate of drug-likeness (QED) is 0.0831. The van der Waals surface area contributed by atoms with Gasteiger partial charge in [-0.05, 0) is 77.9 Å². The average molecular weight is 554 g/mol. The highest BCUT2D eigenvalue weighted by Gasteiger charge is 2.51. The lowest BCUT2D eigenvalue weighted by molar-refractivity contribution is 0.291. The van der Waals surface area contributed by atoms with Gasteiger partial charge in [-0.25, -0.2) is 17.6 Å². The number of hydrogen-bond acceptors (Lipinski definition) is 1. The summed E-state index contributed by atoms with van der Waals surface area (Å²) in [5, 5.41) is 2.34. The van der Waals surface area contributed by atoms with Crippen LogP contribution >= 0.6 is 0 Å². The maximum atomic E-state index is 15.1. The zero-order valence-electron chi connectivity index (χ0n) is 24.3. The normalized spacial score (nSPS) is 17.7. The molecule has 0 aliphatic carbocycles. The first-order valence-electron chi connectivity index (χ1n) is 15.6. The Morgan fingerprint density at radius 3 is 1.32 bits per heavy atom. The van der Waals surface area contributed by atoms with Crippen LogP contribution in [-0.2, 0) is 12.8 Å². The van der Waals surface area contributed by atoms with Gasteiger partial charge in [0.05, 0.1) is 12.1 Å². The first kappa shape index (κ1) is 29.1. The van der Waals surface area contributed by atoms with Gasteiger partial charge in [0.1, 0.15) is 0 Å². The number of hydrogen-bond donors (Lipinski definition) is 0. The van der Waals surface area contributed by atoms with Crippen LogP contribution in [0.5, 0.6) is 0 Å². The molecule has 0 spiro atoms. The van der Waals surface area contributed by atoms with Crippen molar-refractivity contribution in [1.82, 2.24) is 4.90 Å². The lowest BCUT2D eigenvalue weighted by atomic mass is 9.82. The highest BCUT2D eigenvalue weighted by atomic mass is 19.2. The maximum absolute atomic E-state index is 15.1. The molecule has 0 saturated heterocycles. The van der Waals surface area contributed by atoms with Gasteiger partial charge in [-0.1, -0.05) is 90.2 Å². The molecule has 0 saturated carbocycles. The van der Waals surface area contributed by atoms with Crippen molar-refractivity contribution in [2.45, 2.75) is 116 Å². The predicted molar refractivity (Wildman–Crippen MR) is 156 cm³/mol. The number of rotatable bonds is 14. The molecular formula is C35H43F4N. The largest absolute Gasteiger partial charge is 0.284 e. The molecule has 2 heterocycles. The first-order valence-corrected chi connectivity index (χ1v) is 15.6.